The molecule has 7 heteroatoms. The number of aromatic nitrogens is 1. The average molecular weight is 482 g/mol. The van der Waals surface area contributed by atoms with Crippen LogP contribution < -0.4 is 4.74 Å². The summed E-state index contributed by atoms with van der Waals surface area (Å²) in [6, 6.07) is 12.3. The summed E-state index contributed by atoms with van der Waals surface area (Å²) in [5.41, 5.74) is 5.15. The number of rotatable bonds is 3. The molecule has 0 saturated carbocycles. The molecule has 1 fully saturated rings. The number of nitrogens with zero attached hydrogens (tertiary/aromatic N) is 3. The molecule has 30 heavy (non-hydrogen) atoms. The molecule has 3 aromatic rings. The van der Waals surface area contributed by atoms with Crippen molar-refractivity contribution in [2.75, 3.05) is 13.7 Å². The highest BCUT2D eigenvalue weighted by Crippen LogP contribution is 2.44. The first-order valence-corrected chi connectivity index (χ1v) is 11.6. The van der Waals surface area contributed by atoms with E-state index in [1.165, 1.54) is 5.56 Å². The van der Waals surface area contributed by atoms with E-state index in [0.717, 1.165) is 57.7 Å². The maximum absolute atomic E-state index is 13.5. The molecule has 0 bridgehead atoms. The molecule has 2 aromatic heterocycles. The van der Waals surface area contributed by atoms with Gasteiger partial charge in [0.2, 0.25) is 0 Å². The van der Waals surface area contributed by atoms with Gasteiger partial charge >= 0.3 is 0 Å². The summed E-state index contributed by atoms with van der Waals surface area (Å²) in [4.78, 5) is 16.4. The van der Waals surface area contributed by atoms with Crippen molar-refractivity contribution in [2.45, 2.75) is 31.8 Å². The minimum absolute atomic E-state index is 0.0425. The van der Waals surface area contributed by atoms with Crippen LogP contribution in [0.4, 0.5) is 0 Å². The Balaban J connectivity index is 1.70. The third kappa shape index (κ3) is 2.98. The molecule has 5 rings (SSSR count). The van der Waals surface area contributed by atoms with Crippen LogP contribution in [0.3, 0.4) is 0 Å². The zero-order chi connectivity index (χ0) is 20.8. The fourth-order valence-corrected chi connectivity index (χ4v) is 5.82. The van der Waals surface area contributed by atoms with Crippen molar-refractivity contribution in [3.05, 3.63) is 51.4 Å². The Morgan fingerprint density at radius 3 is 2.90 bits per heavy atom. The smallest absolute Gasteiger partial charge is 0.271 e. The number of halogens is 1. The van der Waals surface area contributed by atoms with Crippen LogP contribution in [-0.4, -0.2) is 35.1 Å². The standard InChI is InChI=1S/C23H20BrN3O2S/c1-29-20-10-14-6-8-27-19(23(28)26-7-2-4-15(26)13-25)12-17(21-5-3-9-30-21)22(27)16(14)11-18(20)24/h3,5,9-12,15H,2,4,6-8H2,1H3. The molecule has 152 valence electrons. The zero-order valence-electron chi connectivity index (χ0n) is 16.5. The molecule has 2 aliphatic rings. The largest absolute Gasteiger partial charge is 0.496 e. The van der Waals surface area contributed by atoms with Crippen LogP contribution >= 0.6 is 27.3 Å². The van der Waals surface area contributed by atoms with Gasteiger partial charge in [-0.3, -0.25) is 4.79 Å². The van der Waals surface area contributed by atoms with Crippen LogP contribution in [0.25, 0.3) is 21.7 Å². The van der Waals surface area contributed by atoms with Crippen molar-refractivity contribution in [1.82, 2.24) is 9.47 Å². The summed E-state index contributed by atoms with van der Waals surface area (Å²) in [6.07, 6.45) is 2.46. The zero-order valence-corrected chi connectivity index (χ0v) is 18.9. The van der Waals surface area contributed by atoms with Gasteiger partial charge in [-0.05, 0) is 70.4 Å². The first kappa shape index (κ1) is 19.4. The van der Waals surface area contributed by atoms with Gasteiger partial charge in [0.15, 0.2) is 0 Å². The lowest BCUT2D eigenvalue weighted by molar-refractivity contribution is 0.0754. The lowest BCUT2D eigenvalue weighted by Gasteiger charge is -2.25. The molecule has 5 nitrogen and oxygen atoms in total. The SMILES string of the molecule is COc1cc2c(cc1Br)-c1c(-c3cccs3)cc(C(=O)N3CCCC3C#N)n1CC2. The number of methoxy groups -OCH3 is 1. The van der Waals surface area contributed by atoms with E-state index in [1.807, 2.05) is 12.1 Å². The molecule has 1 amide bonds. The number of fused-ring (bicyclic) bond motifs is 3. The summed E-state index contributed by atoms with van der Waals surface area (Å²) in [7, 11) is 1.67. The number of aryl methyl sites for hydroxylation is 1. The van der Waals surface area contributed by atoms with Gasteiger partial charge in [-0.15, -0.1) is 11.3 Å². The first-order valence-electron chi connectivity index (χ1n) is 9.97. The Kier molecular flexibility index (Phi) is 4.92. The summed E-state index contributed by atoms with van der Waals surface area (Å²) >= 11 is 5.30. The Morgan fingerprint density at radius 2 is 2.17 bits per heavy atom. The molecule has 0 aliphatic carbocycles. The lowest BCUT2D eigenvalue weighted by atomic mass is 9.95. The molecule has 0 radical (unpaired) electrons. The molecule has 1 unspecified atom stereocenters. The van der Waals surface area contributed by atoms with Crippen LogP contribution in [0.5, 0.6) is 5.75 Å². The molecule has 1 aromatic carbocycles. The number of hydrogen-bond acceptors (Lipinski definition) is 4. The minimum atomic E-state index is -0.330. The van der Waals surface area contributed by atoms with E-state index in [4.69, 9.17) is 4.74 Å². The van der Waals surface area contributed by atoms with E-state index in [0.29, 0.717) is 12.2 Å². The lowest BCUT2D eigenvalue weighted by Crippen LogP contribution is -2.36. The summed E-state index contributed by atoms with van der Waals surface area (Å²) in [6.45, 7) is 1.37. The van der Waals surface area contributed by atoms with Gasteiger partial charge in [0.1, 0.15) is 17.5 Å². The topological polar surface area (TPSA) is 58.3 Å². The molecule has 2 aliphatic heterocycles. The maximum Gasteiger partial charge on any atom is 0.271 e. The van der Waals surface area contributed by atoms with Crippen molar-refractivity contribution in [3.8, 4) is 33.5 Å². The van der Waals surface area contributed by atoms with Crippen LogP contribution in [0.2, 0.25) is 0 Å². The van der Waals surface area contributed by atoms with Crippen molar-refractivity contribution in [3.63, 3.8) is 0 Å². The number of hydrogen-bond donors (Lipinski definition) is 0. The first-order chi connectivity index (χ1) is 14.6. The van der Waals surface area contributed by atoms with E-state index in [9.17, 15) is 10.1 Å². The number of ether oxygens (including phenoxy) is 1. The van der Waals surface area contributed by atoms with E-state index in [-0.39, 0.29) is 11.9 Å². The Bertz CT molecular complexity index is 1180. The monoisotopic (exact) mass is 481 g/mol. The summed E-state index contributed by atoms with van der Waals surface area (Å²) in [5.74, 6) is 0.774. The van der Waals surface area contributed by atoms with E-state index < -0.39 is 0 Å². The second kappa shape index (κ2) is 7.60. The van der Waals surface area contributed by atoms with Crippen LogP contribution in [0.15, 0.2) is 40.2 Å². The van der Waals surface area contributed by atoms with E-state index >= 15 is 0 Å². The third-order valence-corrected chi connectivity index (χ3v) is 7.53. The third-order valence-electron chi connectivity index (χ3n) is 6.00. The molecule has 1 saturated heterocycles. The number of carbonyl (C=O) groups excluding carboxylic acids is 1. The predicted octanol–water partition coefficient (Wildman–Crippen LogP) is 5.34. The van der Waals surface area contributed by atoms with Crippen molar-refractivity contribution < 1.29 is 9.53 Å². The molecular weight excluding hydrogens is 462 g/mol. The highest BCUT2D eigenvalue weighted by molar-refractivity contribution is 9.10. The Labute approximate surface area is 187 Å². The molecule has 1 atom stereocenters. The highest BCUT2D eigenvalue weighted by atomic mass is 79.9. The fraction of sp³-hybridized carbons (Fsp3) is 0.304. The predicted molar refractivity (Wildman–Crippen MR) is 121 cm³/mol. The number of amides is 1. The van der Waals surface area contributed by atoms with Gasteiger partial charge < -0.3 is 14.2 Å². The van der Waals surface area contributed by atoms with Crippen LogP contribution in [-0.2, 0) is 13.0 Å². The second-order valence-corrected chi connectivity index (χ2v) is 9.40. The quantitative estimate of drug-likeness (QED) is 0.507. The maximum atomic E-state index is 13.5. The number of nitriles is 1. The Morgan fingerprint density at radius 1 is 1.30 bits per heavy atom. The van der Waals surface area contributed by atoms with Gasteiger partial charge in [0, 0.05) is 29.1 Å². The van der Waals surface area contributed by atoms with E-state index in [1.54, 1.807) is 23.3 Å². The van der Waals surface area contributed by atoms with E-state index in [2.05, 4.69) is 50.1 Å². The average Bonchev–Trinajstić information content (AvgIpc) is 3.51. The van der Waals surface area contributed by atoms with Crippen molar-refractivity contribution >= 4 is 33.2 Å². The van der Waals surface area contributed by atoms with Gasteiger partial charge in [-0.2, -0.15) is 5.26 Å². The highest BCUT2D eigenvalue weighted by Gasteiger charge is 2.34. The number of thiophene rings is 1. The van der Waals surface area contributed by atoms with Gasteiger partial charge in [0.25, 0.3) is 5.91 Å². The van der Waals surface area contributed by atoms with Crippen molar-refractivity contribution in [1.29, 1.82) is 5.26 Å². The van der Waals surface area contributed by atoms with Crippen LogP contribution in [0, 0.1) is 11.3 Å². The number of likely N-dealkylation sites (tertiary alicyclic amines) is 1. The second-order valence-electron chi connectivity index (χ2n) is 7.60. The molecular formula is C23H20BrN3O2S. The minimum Gasteiger partial charge on any atom is -0.496 e. The van der Waals surface area contributed by atoms with Crippen LogP contribution in [0.1, 0.15) is 28.9 Å². The number of carbonyl (C=O) groups is 1. The molecule has 4 heterocycles. The fourth-order valence-electron chi connectivity index (χ4n) is 4.57. The summed E-state index contributed by atoms with van der Waals surface area (Å²) < 4.78 is 8.53. The van der Waals surface area contributed by atoms with Crippen molar-refractivity contribution in [2.24, 2.45) is 0 Å². The van der Waals surface area contributed by atoms with Gasteiger partial charge in [0.05, 0.1) is 23.3 Å². The van der Waals surface area contributed by atoms with Gasteiger partial charge in [-0.25, -0.2) is 0 Å². The normalized spacial score (nSPS) is 17.4. The van der Waals surface area contributed by atoms with Gasteiger partial charge in [-0.1, -0.05) is 6.07 Å². The Hall–Kier alpha value is -2.56. The molecule has 0 N–H and O–H groups in total. The number of benzene rings is 1. The molecule has 0 spiro atoms. The summed E-state index contributed by atoms with van der Waals surface area (Å²) in [5, 5.41) is 11.5.